The Balaban J connectivity index is 1.72. The Hall–Kier alpha value is -4.02. The van der Waals surface area contributed by atoms with E-state index in [1.807, 2.05) is 12.1 Å². The van der Waals surface area contributed by atoms with Gasteiger partial charge in [0.15, 0.2) is 18.0 Å². The number of nitrogens with zero attached hydrogens (tertiary/aromatic N) is 4. The number of anilines is 1. The lowest BCUT2D eigenvalue weighted by atomic mass is 9.87. The zero-order valence-electron chi connectivity index (χ0n) is 26.3. The number of carbonyl (C=O) groups is 2. The molecule has 0 aliphatic carbocycles. The minimum absolute atomic E-state index is 0.116. The van der Waals surface area contributed by atoms with Crippen LogP contribution in [0.4, 0.5) is 5.82 Å². The molecule has 0 amide bonds. The van der Waals surface area contributed by atoms with Gasteiger partial charge in [-0.1, -0.05) is 60.6 Å². The molecule has 3 heterocycles. The lowest BCUT2D eigenvalue weighted by molar-refractivity contribution is -0.173. The number of fused-ring (bicyclic) bond motifs is 1. The van der Waals surface area contributed by atoms with Crippen LogP contribution in [0.3, 0.4) is 0 Å². The predicted octanol–water partition coefficient (Wildman–Crippen LogP) is 4.02. The fraction of sp³-hybridized carbons (Fsp3) is 0.500. The third kappa shape index (κ3) is 7.12. The lowest BCUT2D eigenvalue weighted by Gasteiger charge is -2.29. The van der Waals surface area contributed by atoms with Gasteiger partial charge in [-0.15, -0.1) is 0 Å². The second-order valence-electron chi connectivity index (χ2n) is 12.4. The summed E-state index contributed by atoms with van der Waals surface area (Å²) in [6, 6.07) is 12.1. The second-order valence-corrected chi connectivity index (χ2v) is 14.0. The molecule has 0 saturated carbocycles. The third-order valence-electron chi connectivity index (χ3n) is 7.24. The van der Waals surface area contributed by atoms with Crippen molar-refractivity contribution >= 4 is 31.0 Å². The summed E-state index contributed by atoms with van der Waals surface area (Å²) in [7, 11) is -4.27. The van der Waals surface area contributed by atoms with Crippen molar-refractivity contribution in [2.75, 3.05) is 12.3 Å². The van der Waals surface area contributed by atoms with Crippen molar-refractivity contribution in [2.24, 2.45) is 17.3 Å². The summed E-state index contributed by atoms with van der Waals surface area (Å²) < 4.78 is 43.5. The van der Waals surface area contributed by atoms with Crippen LogP contribution in [0.2, 0.25) is 0 Å². The van der Waals surface area contributed by atoms with Crippen LogP contribution in [0.15, 0.2) is 42.7 Å². The highest BCUT2D eigenvalue weighted by atomic mass is 31.2. The molecule has 1 aliphatic heterocycles. The standard InChI is InChI=1S/C30H39N6O8P/c1-17(2)27(37)41-24-22(14-40-45(33,39)44-20-10-8-19(9-11-20)29(5,6)7)43-30(15-31,25(24)42-28(38)18(3)4)23-13-12-21-26(32)34-16-35-36(21)23/h8-13,16-18,22,24-25H,14H2,1-7H3,(H2,33,39)(H2,32,34,35)/t22-,24-,25-,30+,45?/m1/s1. The van der Waals surface area contributed by atoms with E-state index in [2.05, 4.69) is 36.9 Å². The molecule has 1 fully saturated rings. The first-order valence-corrected chi connectivity index (χ1v) is 16.0. The molecule has 15 heteroatoms. The average Bonchev–Trinajstić information content (AvgIpc) is 3.52. The Kier molecular flexibility index (Phi) is 9.61. The van der Waals surface area contributed by atoms with Crippen LogP contribution in [-0.4, -0.2) is 51.5 Å². The fourth-order valence-electron chi connectivity index (χ4n) is 4.70. The van der Waals surface area contributed by atoms with Gasteiger partial charge in [-0.05, 0) is 35.2 Å². The number of carbonyl (C=O) groups excluding carboxylic acids is 2. The van der Waals surface area contributed by atoms with Crippen LogP contribution in [0.25, 0.3) is 5.52 Å². The van der Waals surface area contributed by atoms with E-state index in [1.54, 1.807) is 45.9 Å². The highest BCUT2D eigenvalue weighted by Gasteiger charge is 2.63. The maximum Gasteiger partial charge on any atom is 0.456 e. The van der Waals surface area contributed by atoms with Gasteiger partial charge in [0.1, 0.15) is 29.8 Å². The summed E-state index contributed by atoms with van der Waals surface area (Å²) in [5.74, 6) is -2.22. The highest BCUT2D eigenvalue weighted by molar-refractivity contribution is 7.51. The number of aromatic nitrogens is 3. The molecule has 1 saturated heterocycles. The van der Waals surface area contributed by atoms with E-state index in [1.165, 1.54) is 16.9 Å². The van der Waals surface area contributed by atoms with Gasteiger partial charge in [0.25, 0.3) is 0 Å². The summed E-state index contributed by atoms with van der Waals surface area (Å²) >= 11 is 0. The lowest BCUT2D eigenvalue weighted by Crippen LogP contribution is -2.47. The second kappa shape index (κ2) is 12.8. The maximum absolute atomic E-state index is 13.3. The van der Waals surface area contributed by atoms with Gasteiger partial charge < -0.3 is 24.5 Å². The van der Waals surface area contributed by atoms with Gasteiger partial charge in [0.2, 0.25) is 5.60 Å². The van der Waals surface area contributed by atoms with Gasteiger partial charge in [0.05, 0.1) is 24.1 Å². The summed E-state index contributed by atoms with van der Waals surface area (Å²) in [6.45, 7) is 12.0. The van der Waals surface area contributed by atoms with Gasteiger partial charge in [0, 0.05) is 0 Å². The minimum Gasteiger partial charge on any atom is -0.455 e. The Morgan fingerprint density at radius 2 is 1.71 bits per heavy atom. The first kappa shape index (κ1) is 33.9. The van der Waals surface area contributed by atoms with E-state index in [4.69, 9.17) is 34.5 Å². The Labute approximate surface area is 261 Å². The number of ether oxygens (including phenoxy) is 3. The number of rotatable bonds is 10. The number of nitrogens with two attached hydrogens (primary N) is 2. The molecule has 4 rings (SSSR count). The fourth-order valence-corrected chi connectivity index (χ4v) is 5.52. The first-order chi connectivity index (χ1) is 21.0. The molecule has 1 unspecified atom stereocenters. The molecule has 1 aliphatic rings. The normalized spacial score (nSPS) is 23.1. The monoisotopic (exact) mass is 642 g/mol. The zero-order chi connectivity index (χ0) is 33.3. The van der Waals surface area contributed by atoms with Crippen LogP contribution < -0.4 is 15.8 Å². The molecular formula is C30H39N6O8P. The number of esters is 2. The van der Waals surface area contributed by atoms with Crippen molar-refractivity contribution in [3.05, 3.63) is 54.0 Å². The number of nitriles is 1. The van der Waals surface area contributed by atoms with E-state index < -0.39 is 62.0 Å². The summed E-state index contributed by atoms with van der Waals surface area (Å²) in [5.41, 5.74) is 11.3. The summed E-state index contributed by atoms with van der Waals surface area (Å²) in [6.07, 6.45) is -3.01. The van der Waals surface area contributed by atoms with Gasteiger partial charge in [-0.3, -0.25) is 14.1 Å². The molecule has 1 aromatic carbocycles. The van der Waals surface area contributed by atoms with Crippen LogP contribution in [0.1, 0.15) is 59.7 Å². The molecule has 4 N–H and O–H groups in total. The molecule has 5 atom stereocenters. The zero-order valence-corrected chi connectivity index (χ0v) is 27.2. The molecule has 2 aromatic heterocycles. The maximum atomic E-state index is 13.3. The van der Waals surface area contributed by atoms with E-state index >= 15 is 0 Å². The molecule has 45 heavy (non-hydrogen) atoms. The Bertz CT molecular complexity index is 1640. The molecule has 3 aromatic rings. The number of benzene rings is 1. The van der Waals surface area contributed by atoms with E-state index in [0.29, 0.717) is 5.52 Å². The summed E-state index contributed by atoms with van der Waals surface area (Å²) in [4.78, 5) is 29.8. The van der Waals surface area contributed by atoms with E-state index in [9.17, 15) is 19.4 Å². The molecule has 0 radical (unpaired) electrons. The number of nitrogen functional groups attached to an aromatic ring is 1. The smallest absolute Gasteiger partial charge is 0.455 e. The summed E-state index contributed by atoms with van der Waals surface area (Å²) in [5, 5.41) is 14.9. The predicted molar refractivity (Wildman–Crippen MR) is 163 cm³/mol. The average molecular weight is 643 g/mol. The van der Waals surface area contributed by atoms with Crippen molar-refractivity contribution in [3.63, 3.8) is 0 Å². The SMILES string of the molecule is CC(C)C(=O)O[C@H]1[C@@H](OC(=O)C(C)C)[C@](C#N)(c2ccc3c(N)ncnn23)O[C@@H]1COP(N)(=O)Oc1ccc(C(C)(C)C)cc1. The van der Waals surface area contributed by atoms with E-state index in [0.717, 1.165) is 5.56 Å². The quantitative estimate of drug-likeness (QED) is 0.237. The minimum atomic E-state index is -4.27. The highest BCUT2D eigenvalue weighted by Crippen LogP contribution is 2.47. The van der Waals surface area contributed by atoms with Crippen LogP contribution in [0, 0.1) is 23.2 Å². The topological polar surface area (TPSA) is 203 Å². The largest absolute Gasteiger partial charge is 0.456 e. The first-order valence-electron chi connectivity index (χ1n) is 14.4. The van der Waals surface area contributed by atoms with Crippen molar-refractivity contribution in [3.8, 4) is 11.8 Å². The van der Waals surface area contributed by atoms with Crippen molar-refractivity contribution in [1.29, 1.82) is 5.26 Å². The third-order valence-corrected chi connectivity index (χ3v) is 8.22. The van der Waals surface area contributed by atoms with Crippen LogP contribution >= 0.6 is 7.75 Å². The Morgan fingerprint density at radius 1 is 1.09 bits per heavy atom. The van der Waals surface area contributed by atoms with Gasteiger partial charge in [-0.25, -0.2) is 19.6 Å². The van der Waals surface area contributed by atoms with Crippen LogP contribution in [0.5, 0.6) is 5.75 Å². The van der Waals surface area contributed by atoms with Crippen molar-refractivity contribution in [1.82, 2.24) is 14.6 Å². The van der Waals surface area contributed by atoms with Crippen molar-refractivity contribution < 1.29 is 37.4 Å². The molecule has 0 bridgehead atoms. The van der Waals surface area contributed by atoms with Gasteiger partial charge in [-0.2, -0.15) is 10.4 Å². The van der Waals surface area contributed by atoms with Crippen LogP contribution in [-0.2, 0) is 43.9 Å². The molecular weight excluding hydrogens is 603 g/mol. The molecule has 14 nitrogen and oxygen atoms in total. The van der Waals surface area contributed by atoms with Crippen molar-refractivity contribution in [2.45, 2.75) is 77.8 Å². The number of hydrogen-bond acceptors (Lipinski definition) is 12. The molecule has 242 valence electrons. The van der Waals surface area contributed by atoms with Gasteiger partial charge >= 0.3 is 19.7 Å². The van der Waals surface area contributed by atoms with E-state index in [-0.39, 0.29) is 22.7 Å². The Morgan fingerprint density at radius 3 is 2.29 bits per heavy atom. The number of hydrogen-bond donors (Lipinski definition) is 2. The molecule has 0 spiro atoms.